The summed E-state index contributed by atoms with van der Waals surface area (Å²) in [6.45, 7) is 5.67. The smallest absolute Gasteiger partial charge is 0.325 e. The quantitative estimate of drug-likeness (QED) is 0.602. The fourth-order valence-corrected chi connectivity index (χ4v) is 4.08. The largest absolute Gasteiger partial charge is 0.352 e. The van der Waals surface area contributed by atoms with Gasteiger partial charge in [-0.25, -0.2) is 4.79 Å². The molecule has 1 aliphatic heterocycles. The van der Waals surface area contributed by atoms with Crippen LogP contribution >= 0.6 is 0 Å². The lowest BCUT2D eigenvalue weighted by Gasteiger charge is -2.23. The van der Waals surface area contributed by atoms with Crippen LogP contribution in [0.4, 0.5) is 4.79 Å². The Balaban J connectivity index is 1.67. The van der Waals surface area contributed by atoms with Crippen LogP contribution in [0.3, 0.4) is 0 Å². The van der Waals surface area contributed by atoms with Crippen LogP contribution < -0.4 is 10.6 Å². The van der Waals surface area contributed by atoms with E-state index in [4.69, 9.17) is 0 Å². The van der Waals surface area contributed by atoms with Gasteiger partial charge in [0.15, 0.2) is 0 Å². The van der Waals surface area contributed by atoms with Crippen LogP contribution in [-0.2, 0) is 15.1 Å². The maximum absolute atomic E-state index is 13.0. The first-order chi connectivity index (χ1) is 13.3. The van der Waals surface area contributed by atoms with Crippen molar-refractivity contribution in [3.8, 4) is 0 Å². The lowest BCUT2D eigenvalue weighted by molar-refractivity contribution is -0.135. The SMILES string of the molecule is CC(C)c1ccc([C@@]2(C)NC(=O)N(CC(=O)NC3CCCCCC3)C2=O)cc1. The number of carbonyl (C=O) groups excluding carboxylic acids is 3. The lowest BCUT2D eigenvalue weighted by atomic mass is 9.90. The fourth-order valence-electron chi connectivity index (χ4n) is 4.08. The molecule has 152 valence electrons. The second-order valence-corrected chi connectivity index (χ2v) is 8.48. The molecule has 2 aliphatic rings. The van der Waals surface area contributed by atoms with Crippen molar-refractivity contribution in [2.75, 3.05) is 6.54 Å². The summed E-state index contributed by atoms with van der Waals surface area (Å²) in [6.07, 6.45) is 6.55. The minimum absolute atomic E-state index is 0.144. The minimum Gasteiger partial charge on any atom is -0.352 e. The van der Waals surface area contributed by atoms with Crippen LogP contribution in [-0.4, -0.2) is 35.3 Å². The van der Waals surface area contributed by atoms with Crippen molar-refractivity contribution in [3.05, 3.63) is 35.4 Å². The molecule has 1 aliphatic carbocycles. The Morgan fingerprint density at radius 1 is 1.14 bits per heavy atom. The van der Waals surface area contributed by atoms with Crippen molar-refractivity contribution in [3.63, 3.8) is 0 Å². The first-order valence-electron chi connectivity index (χ1n) is 10.3. The van der Waals surface area contributed by atoms with Crippen molar-refractivity contribution in [2.45, 2.75) is 76.8 Å². The van der Waals surface area contributed by atoms with Crippen molar-refractivity contribution < 1.29 is 14.4 Å². The van der Waals surface area contributed by atoms with Gasteiger partial charge in [-0.3, -0.25) is 14.5 Å². The highest BCUT2D eigenvalue weighted by molar-refractivity contribution is 6.09. The lowest BCUT2D eigenvalue weighted by Crippen LogP contribution is -2.45. The number of nitrogens with zero attached hydrogens (tertiary/aromatic N) is 1. The molecule has 28 heavy (non-hydrogen) atoms. The molecule has 6 nitrogen and oxygen atoms in total. The minimum atomic E-state index is -1.14. The van der Waals surface area contributed by atoms with E-state index < -0.39 is 11.6 Å². The molecule has 2 fully saturated rings. The predicted molar refractivity (Wildman–Crippen MR) is 108 cm³/mol. The summed E-state index contributed by atoms with van der Waals surface area (Å²) < 4.78 is 0. The fraction of sp³-hybridized carbons (Fsp3) is 0.591. The third-order valence-corrected chi connectivity index (χ3v) is 5.95. The zero-order valence-electron chi connectivity index (χ0n) is 17.1. The van der Waals surface area contributed by atoms with Gasteiger partial charge in [-0.2, -0.15) is 0 Å². The number of rotatable bonds is 5. The number of nitrogens with one attached hydrogen (secondary N) is 2. The number of amides is 4. The van der Waals surface area contributed by atoms with Crippen molar-refractivity contribution >= 4 is 17.8 Å². The Bertz CT molecular complexity index is 736. The molecular formula is C22H31N3O3. The second-order valence-electron chi connectivity index (χ2n) is 8.48. The number of imide groups is 1. The Morgan fingerprint density at radius 2 is 1.75 bits per heavy atom. The van der Waals surface area contributed by atoms with Gasteiger partial charge in [-0.15, -0.1) is 0 Å². The molecule has 0 radical (unpaired) electrons. The standard InChI is InChI=1S/C22H31N3O3/c1-15(2)16-10-12-17(13-11-16)22(3)20(27)25(21(28)24-22)14-19(26)23-18-8-6-4-5-7-9-18/h10-13,15,18H,4-9,14H2,1-3H3,(H,23,26)(H,24,28)/t22-/m1/s1. The number of urea groups is 1. The Labute approximate surface area is 167 Å². The Morgan fingerprint density at radius 3 is 2.32 bits per heavy atom. The normalized spacial score (nSPS) is 23.6. The van der Waals surface area contributed by atoms with Crippen LogP contribution in [0.2, 0.25) is 0 Å². The summed E-state index contributed by atoms with van der Waals surface area (Å²) in [5.74, 6) is -0.263. The molecule has 1 heterocycles. The molecular weight excluding hydrogens is 354 g/mol. The van der Waals surface area contributed by atoms with Crippen LogP contribution in [0, 0.1) is 0 Å². The van der Waals surface area contributed by atoms with E-state index in [0.717, 1.165) is 36.1 Å². The molecule has 1 aromatic rings. The summed E-state index contributed by atoms with van der Waals surface area (Å²) in [5, 5.41) is 5.77. The van der Waals surface area contributed by atoms with Gasteiger partial charge in [0, 0.05) is 6.04 Å². The molecule has 0 spiro atoms. The topological polar surface area (TPSA) is 78.5 Å². The predicted octanol–water partition coefficient (Wildman–Crippen LogP) is 3.42. The first-order valence-corrected chi connectivity index (χ1v) is 10.3. The van der Waals surface area contributed by atoms with Crippen LogP contribution in [0.5, 0.6) is 0 Å². The van der Waals surface area contributed by atoms with Gasteiger partial charge >= 0.3 is 6.03 Å². The molecule has 0 bridgehead atoms. The molecule has 6 heteroatoms. The van der Waals surface area contributed by atoms with Gasteiger partial charge in [0.1, 0.15) is 12.1 Å². The second kappa shape index (κ2) is 8.33. The molecule has 2 N–H and O–H groups in total. The zero-order chi connectivity index (χ0) is 20.3. The maximum atomic E-state index is 13.0. The molecule has 1 atom stereocenters. The third-order valence-electron chi connectivity index (χ3n) is 5.95. The third kappa shape index (κ3) is 4.21. The van der Waals surface area contributed by atoms with Crippen molar-refractivity contribution in [1.82, 2.24) is 15.5 Å². The zero-order valence-corrected chi connectivity index (χ0v) is 17.1. The van der Waals surface area contributed by atoms with Gasteiger partial charge < -0.3 is 10.6 Å². The van der Waals surface area contributed by atoms with Crippen molar-refractivity contribution in [1.29, 1.82) is 0 Å². The van der Waals surface area contributed by atoms with E-state index >= 15 is 0 Å². The molecule has 1 aromatic carbocycles. The van der Waals surface area contributed by atoms with E-state index in [-0.39, 0.29) is 24.4 Å². The monoisotopic (exact) mass is 385 g/mol. The Hall–Kier alpha value is -2.37. The van der Waals surface area contributed by atoms with Crippen molar-refractivity contribution in [2.24, 2.45) is 0 Å². The molecule has 3 rings (SSSR count). The van der Waals surface area contributed by atoms with E-state index in [0.29, 0.717) is 5.92 Å². The average Bonchev–Trinajstić information content (AvgIpc) is 2.85. The van der Waals surface area contributed by atoms with E-state index in [2.05, 4.69) is 24.5 Å². The molecule has 1 saturated carbocycles. The van der Waals surface area contributed by atoms with E-state index in [9.17, 15) is 14.4 Å². The van der Waals surface area contributed by atoms with Gasteiger partial charge in [0.2, 0.25) is 5.91 Å². The molecule has 0 aromatic heterocycles. The van der Waals surface area contributed by atoms with Crippen LogP contribution in [0.1, 0.15) is 76.3 Å². The van der Waals surface area contributed by atoms with E-state index in [1.165, 1.54) is 18.4 Å². The number of hydrogen-bond acceptors (Lipinski definition) is 3. The number of hydrogen-bond donors (Lipinski definition) is 2. The van der Waals surface area contributed by atoms with Gasteiger partial charge in [-0.1, -0.05) is 63.8 Å². The molecule has 1 saturated heterocycles. The number of carbonyl (C=O) groups is 3. The highest BCUT2D eigenvalue weighted by atomic mass is 16.2. The highest BCUT2D eigenvalue weighted by Gasteiger charge is 2.49. The number of benzene rings is 1. The summed E-state index contributed by atoms with van der Waals surface area (Å²) >= 11 is 0. The molecule has 4 amide bonds. The maximum Gasteiger partial charge on any atom is 0.325 e. The highest BCUT2D eigenvalue weighted by Crippen LogP contribution is 2.30. The Kier molecular flexibility index (Phi) is 6.06. The molecule has 0 unspecified atom stereocenters. The van der Waals surface area contributed by atoms with Gasteiger partial charge in [0.25, 0.3) is 5.91 Å². The summed E-state index contributed by atoms with van der Waals surface area (Å²) in [7, 11) is 0. The van der Waals surface area contributed by atoms with Gasteiger partial charge in [0.05, 0.1) is 0 Å². The van der Waals surface area contributed by atoms with Gasteiger partial charge in [-0.05, 0) is 36.8 Å². The summed E-state index contributed by atoms with van der Waals surface area (Å²) in [4.78, 5) is 38.9. The van der Waals surface area contributed by atoms with E-state index in [1.54, 1.807) is 6.92 Å². The summed E-state index contributed by atoms with van der Waals surface area (Å²) in [6, 6.07) is 7.34. The first kappa shape index (κ1) is 20.4. The van der Waals surface area contributed by atoms with E-state index in [1.807, 2.05) is 24.3 Å². The van der Waals surface area contributed by atoms with Crippen LogP contribution in [0.15, 0.2) is 24.3 Å². The summed E-state index contributed by atoms with van der Waals surface area (Å²) in [5.41, 5.74) is 0.750. The van der Waals surface area contributed by atoms with Crippen LogP contribution in [0.25, 0.3) is 0 Å². The average molecular weight is 386 g/mol.